The molecular formula is C27H30N4O3S. The van der Waals surface area contributed by atoms with Crippen LogP contribution in [0.3, 0.4) is 0 Å². The number of nitrogens with zero attached hydrogens (tertiary/aromatic N) is 2. The number of anilines is 3. The van der Waals surface area contributed by atoms with E-state index >= 15 is 0 Å². The Labute approximate surface area is 209 Å². The van der Waals surface area contributed by atoms with Crippen molar-refractivity contribution in [3.63, 3.8) is 0 Å². The Morgan fingerprint density at radius 2 is 1.83 bits per heavy atom. The predicted molar refractivity (Wildman–Crippen MR) is 141 cm³/mol. The SMILES string of the molecule is Cc1noc(C)c1-c1ccc(NC2CCSCC2)c(NC(=O)C2CCC(=O)N2c2ccccc2)c1. The van der Waals surface area contributed by atoms with Gasteiger partial charge in [-0.05, 0) is 74.4 Å². The van der Waals surface area contributed by atoms with Crippen LogP contribution in [0.1, 0.15) is 37.1 Å². The number of benzene rings is 2. The van der Waals surface area contributed by atoms with E-state index in [-0.39, 0.29) is 11.8 Å². The second kappa shape index (κ2) is 10.2. The first-order chi connectivity index (χ1) is 17.0. The van der Waals surface area contributed by atoms with Gasteiger partial charge in [0.2, 0.25) is 11.8 Å². The van der Waals surface area contributed by atoms with Crippen molar-refractivity contribution in [3.8, 4) is 11.1 Å². The highest BCUT2D eigenvalue weighted by Crippen LogP contribution is 2.35. The first-order valence-electron chi connectivity index (χ1n) is 12.1. The van der Waals surface area contributed by atoms with E-state index in [1.165, 1.54) is 0 Å². The van der Waals surface area contributed by atoms with Gasteiger partial charge in [0.1, 0.15) is 11.8 Å². The molecule has 3 heterocycles. The summed E-state index contributed by atoms with van der Waals surface area (Å²) in [5.74, 6) is 2.79. The molecule has 2 aliphatic rings. The Bertz CT molecular complexity index is 1200. The fraction of sp³-hybridized carbons (Fsp3) is 0.370. The van der Waals surface area contributed by atoms with Crippen LogP contribution in [0.2, 0.25) is 0 Å². The lowest BCUT2D eigenvalue weighted by Crippen LogP contribution is -2.41. The Hall–Kier alpha value is -3.26. The Morgan fingerprint density at radius 1 is 1.06 bits per heavy atom. The van der Waals surface area contributed by atoms with Gasteiger partial charge in [-0.1, -0.05) is 29.4 Å². The van der Waals surface area contributed by atoms with Crippen molar-refractivity contribution >= 4 is 40.6 Å². The minimum absolute atomic E-state index is 0.0288. The highest BCUT2D eigenvalue weighted by Gasteiger charge is 2.37. The zero-order chi connectivity index (χ0) is 24.4. The average Bonchev–Trinajstić information content (AvgIpc) is 3.42. The summed E-state index contributed by atoms with van der Waals surface area (Å²) in [5.41, 5.74) is 5.02. The monoisotopic (exact) mass is 490 g/mol. The molecule has 182 valence electrons. The molecule has 0 saturated carbocycles. The van der Waals surface area contributed by atoms with E-state index in [1.807, 2.05) is 74.1 Å². The summed E-state index contributed by atoms with van der Waals surface area (Å²) < 4.78 is 5.38. The average molecular weight is 491 g/mol. The molecule has 0 bridgehead atoms. The topological polar surface area (TPSA) is 87.5 Å². The van der Waals surface area contributed by atoms with E-state index in [1.54, 1.807) is 4.90 Å². The molecule has 2 aliphatic heterocycles. The number of carbonyl (C=O) groups excluding carboxylic acids is 2. The lowest BCUT2D eigenvalue weighted by atomic mass is 10.0. The van der Waals surface area contributed by atoms with Gasteiger partial charge in [-0.15, -0.1) is 0 Å². The summed E-state index contributed by atoms with van der Waals surface area (Å²) in [6, 6.07) is 15.3. The van der Waals surface area contributed by atoms with E-state index in [2.05, 4.69) is 15.8 Å². The van der Waals surface area contributed by atoms with Gasteiger partial charge in [0.15, 0.2) is 0 Å². The van der Waals surface area contributed by atoms with Gasteiger partial charge < -0.3 is 15.2 Å². The Morgan fingerprint density at radius 3 is 2.54 bits per heavy atom. The molecule has 2 N–H and O–H groups in total. The van der Waals surface area contributed by atoms with Crippen molar-refractivity contribution in [3.05, 3.63) is 60.0 Å². The molecule has 2 fully saturated rings. The molecule has 1 atom stereocenters. The first-order valence-corrected chi connectivity index (χ1v) is 13.3. The smallest absolute Gasteiger partial charge is 0.247 e. The zero-order valence-electron chi connectivity index (χ0n) is 20.0. The van der Waals surface area contributed by atoms with Gasteiger partial charge in [0.05, 0.1) is 17.1 Å². The molecule has 7 nitrogen and oxygen atoms in total. The molecule has 2 aromatic carbocycles. The molecule has 2 amide bonds. The molecular weight excluding hydrogens is 460 g/mol. The number of rotatable bonds is 6. The molecule has 8 heteroatoms. The second-order valence-electron chi connectivity index (χ2n) is 9.13. The molecule has 2 saturated heterocycles. The number of para-hydroxylation sites is 1. The molecule has 1 unspecified atom stereocenters. The molecule has 35 heavy (non-hydrogen) atoms. The highest BCUT2D eigenvalue weighted by molar-refractivity contribution is 7.99. The van der Waals surface area contributed by atoms with Crippen molar-refractivity contribution in [2.24, 2.45) is 0 Å². The van der Waals surface area contributed by atoms with Gasteiger partial charge in [-0.3, -0.25) is 14.5 Å². The number of aryl methyl sites for hydroxylation is 2. The van der Waals surface area contributed by atoms with Gasteiger partial charge in [0.25, 0.3) is 0 Å². The molecule has 0 aliphatic carbocycles. The van der Waals surface area contributed by atoms with Crippen LogP contribution in [0.5, 0.6) is 0 Å². The van der Waals surface area contributed by atoms with Crippen molar-refractivity contribution in [2.75, 3.05) is 27.0 Å². The van der Waals surface area contributed by atoms with E-state index in [0.29, 0.717) is 24.6 Å². The minimum Gasteiger partial charge on any atom is -0.381 e. The normalized spacial score (nSPS) is 18.6. The number of aromatic nitrogens is 1. The van der Waals surface area contributed by atoms with Gasteiger partial charge >= 0.3 is 0 Å². The first kappa shape index (κ1) is 23.5. The number of hydrogen-bond donors (Lipinski definition) is 2. The predicted octanol–water partition coefficient (Wildman–Crippen LogP) is 5.40. The van der Waals surface area contributed by atoms with E-state index in [9.17, 15) is 9.59 Å². The van der Waals surface area contributed by atoms with Crippen LogP contribution in [0.25, 0.3) is 11.1 Å². The van der Waals surface area contributed by atoms with E-state index < -0.39 is 6.04 Å². The van der Waals surface area contributed by atoms with Crippen LogP contribution in [-0.2, 0) is 9.59 Å². The fourth-order valence-electron chi connectivity index (χ4n) is 4.95. The number of hydrogen-bond acceptors (Lipinski definition) is 6. The van der Waals surface area contributed by atoms with Crippen LogP contribution in [0.4, 0.5) is 17.1 Å². The summed E-state index contributed by atoms with van der Waals surface area (Å²) in [5, 5.41) is 10.9. The second-order valence-corrected chi connectivity index (χ2v) is 10.4. The standard InChI is InChI=1S/C27H30N4O3S/c1-17-26(18(2)34-30-17)19-8-9-22(28-20-12-14-35-15-13-20)23(16-19)29-27(33)24-10-11-25(32)31(24)21-6-4-3-5-7-21/h3-9,16,20,24,28H,10-15H2,1-2H3,(H,29,33). The maximum absolute atomic E-state index is 13.6. The maximum Gasteiger partial charge on any atom is 0.247 e. The van der Waals surface area contributed by atoms with Crippen LogP contribution in [0.15, 0.2) is 53.1 Å². The van der Waals surface area contributed by atoms with Crippen LogP contribution >= 0.6 is 11.8 Å². The Balaban J connectivity index is 1.45. The third kappa shape index (κ3) is 4.93. The Kier molecular flexibility index (Phi) is 6.81. The van der Waals surface area contributed by atoms with E-state index in [4.69, 9.17) is 4.52 Å². The highest BCUT2D eigenvalue weighted by atomic mass is 32.2. The molecule has 5 rings (SSSR count). The number of carbonyl (C=O) groups is 2. The summed E-state index contributed by atoms with van der Waals surface area (Å²) in [7, 11) is 0. The number of nitrogens with one attached hydrogen (secondary N) is 2. The van der Waals surface area contributed by atoms with Crippen molar-refractivity contribution in [2.45, 2.75) is 51.6 Å². The summed E-state index contributed by atoms with van der Waals surface area (Å²) in [6.45, 7) is 3.80. The zero-order valence-corrected chi connectivity index (χ0v) is 20.9. The summed E-state index contributed by atoms with van der Waals surface area (Å²) >= 11 is 1.98. The molecule has 3 aromatic rings. The lowest BCUT2D eigenvalue weighted by molar-refractivity contribution is -0.120. The summed E-state index contributed by atoms with van der Waals surface area (Å²) in [6.07, 6.45) is 3.02. The van der Waals surface area contributed by atoms with Crippen molar-refractivity contribution in [1.29, 1.82) is 0 Å². The van der Waals surface area contributed by atoms with Crippen LogP contribution in [0, 0.1) is 13.8 Å². The van der Waals surface area contributed by atoms with Gasteiger partial charge in [-0.2, -0.15) is 11.8 Å². The molecule has 0 radical (unpaired) electrons. The molecule has 1 aromatic heterocycles. The summed E-state index contributed by atoms with van der Waals surface area (Å²) in [4.78, 5) is 27.8. The molecule has 0 spiro atoms. The number of amides is 2. The van der Waals surface area contributed by atoms with Crippen LogP contribution < -0.4 is 15.5 Å². The van der Waals surface area contributed by atoms with Crippen LogP contribution in [-0.4, -0.2) is 40.6 Å². The number of thioether (sulfide) groups is 1. The fourth-order valence-corrected chi connectivity index (χ4v) is 6.05. The third-order valence-electron chi connectivity index (χ3n) is 6.73. The maximum atomic E-state index is 13.6. The third-order valence-corrected chi connectivity index (χ3v) is 7.78. The van der Waals surface area contributed by atoms with Gasteiger partial charge in [-0.25, -0.2) is 0 Å². The van der Waals surface area contributed by atoms with E-state index in [0.717, 1.165) is 58.3 Å². The van der Waals surface area contributed by atoms with Gasteiger partial charge in [0, 0.05) is 23.7 Å². The largest absolute Gasteiger partial charge is 0.381 e. The minimum atomic E-state index is -0.549. The van der Waals surface area contributed by atoms with Crippen molar-refractivity contribution < 1.29 is 14.1 Å². The van der Waals surface area contributed by atoms with Crippen molar-refractivity contribution in [1.82, 2.24) is 5.16 Å². The quantitative estimate of drug-likeness (QED) is 0.481. The lowest BCUT2D eigenvalue weighted by Gasteiger charge is -2.27.